The first-order valence-corrected chi connectivity index (χ1v) is 8.54. The van der Waals surface area contributed by atoms with Gasteiger partial charge in [-0.2, -0.15) is 5.10 Å². The second-order valence-electron chi connectivity index (χ2n) is 6.48. The SMILES string of the molecule is O=C(c1onc2c1CCCC2)N1CCCC1Cn1ncccc1=O. The molecule has 0 aromatic carbocycles. The number of aryl methyl sites for hydroxylation is 1. The predicted octanol–water partition coefficient (Wildman–Crippen LogP) is 1.41. The van der Waals surface area contributed by atoms with Crippen LogP contribution < -0.4 is 5.56 Å². The number of carbonyl (C=O) groups is 1. The summed E-state index contributed by atoms with van der Waals surface area (Å²) in [7, 11) is 0. The molecular formula is C17H20N4O3. The Balaban J connectivity index is 1.56. The molecule has 0 N–H and O–H groups in total. The quantitative estimate of drug-likeness (QED) is 0.851. The van der Waals surface area contributed by atoms with Crippen LogP contribution in [0.3, 0.4) is 0 Å². The molecule has 3 heterocycles. The Morgan fingerprint density at radius 2 is 2.17 bits per heavy atom. The average molecular weight is 328 g/mol. The van der Waals surface area contributed by atoms with E-state index < -0.39 is 0 Å². The van der Waals surface area contributed by atoms with E-state index in [0.717, 1.165) is 49.8 Å². The van der Waals surface area contributed by atoms with E-state index in [4.69, 9.17) is 4.52 Å². The first-order valence-electron chi connectivity index (χ1n) is 8.54. The maximum atomic E-state index is 12.9. The van der Waals surface area contributed by atoms with Crippen LogP contribution in [0, 0.1) is 0 Å². The number of likely N-dealkylation sites (tertiary alicyclic amines) is 1. The third kappa shape index (κ3) is 2.64. The van der Waals surface area contributed by atoms with Gasteiger partial charge in [-0.1, -0.05) is 5.16 Å². The molecule has 2 aromatic heterocycles. The number of amides is 1. The maximum absolute atomic E-state index is 12.9. The van der Waals surface area contributed by atoms with Gasteiger partial charge in [0.05, 0.1) is 18.3 Å². The van der Waals surface area contributed by atoms with Gasteiger partial charge < -0.3 is 9.42 Å². The number of aromatic nitrogens is 3. The van der Waals surface area contributed by atoms with E-state index in [1.807, 2.05) is 4.90 Å². The third-order valence-corrected chi connectivity index (χ3v) is 4.96. The van der Waals surface area contributed by atoms with E-state index in [9.17, 15) is 9.59 Å². The summed E-state index contributed by atoms with van der Waals surface area (Å²) in [5.74, 6) is 0.294. The molecule has 1 amide bonds. The van der Waals surface area contributed by atoms with Crippen LogP contribution in [0.25, 0.3) is 0 Å². The highest BCUT2D eigenvalue weighted by Gasteiger charge is 2.34. The lowest BCUT2D eigenvalue weighted by molar-refractivity contribution is 0.0676. The second-order valence-corrected chi connectivity index (χ2v) is 6.48. The molecule has 7 nitrogen and oxygen atoms in total. The molecular weight excluding hydrogens is 308 g/mol. The van der Waals surface area contributed by atoms with Gasteiger partial charge in [-0.3, -0.25) is 9.59 Å². The first kappa shape index (κ1) is 15.1. The summed E-state index contributed by atoms with van der Waals surface area (Å²) in [4.78, 5) is 26.6. The van der Waals surface area contributed by atoms with Crippen LogP contribution in [0.4, 0.5) is 0 Å². The summed E-state index contributed by atoms with van der Waals surface area (Å²) in [5.41, 5.74) is 1.77. The Bertz CT molecular complexity index is 810. The number of hydrogen-bond donors (Lipinski definition) is 0. The summed E-state index contributed by atoms with van der Waals surface area (Å²) in [6, 6.07) is 3.08. The van der Waals surface area contributed by atoms with Crippen molar-refractivity contribution in [3.05, 3.63) is 45.7 Å². The molecule has 0 radical (unpaired) electrons. The van der Waals surface area contributed by atoms with Crippen molar-refractivity contribution in [2.75, 3.05) is 6.54 Å². The highest BCUT2D eigenvalue weighted by atomic mass is 16.5. The lowest BCUT2D eigenvalue weighted by Crippen LogP contribution is -2.40. The topological polar surface area (TPSA) is 81.2 Å². The lowest BCUT2D eigenvalue weighted by atomic mass is 9.96. The summed E-state index contributed by atoms with van der Waals surface area (Å²) < 4.78 is 6.81. The Hall–Kier alpha value is -2.44. The largest absolute Gasteiger partial charge is 0.350 e. The molecule has 1 unspecified atom stereocenters. The molecule has 1 fully saturated rings. The molecule has 0 spiro atoms. The summed E-state index contributed by atoms with van der Waals surface area (Å²) in [6.45, 7) is 1.10. The fraction of sp³-hybridized carbons (Fsp3) is 0.529. The Kier molecular flexibility index (Phi) is 3.92. The van der Waals surface area contributed by atoms with Gasteiger partial charge >= 0.3 is 0 Å². The minimum Gasteiger partial charge on any atom is -0.350 e. The van der Waals surface area contributed by atoms with Crippen molar-refractivity contribution in [1.29, 1.82) is 0 Å². The van der Waals surface area contributed by atoms with E-state index >= 15 is 0 Å². The monoisotopic (exact) mass is 328 g/mol. The van der Waals surface area contributed by atoms with Crippen LogP contribution in [0.5, 0.6) is 0 Å². The van der Waals surface area contributed by atoms with E-state index in [-0.39, 0.29) is 17.5 Å². The molecule has 4 rings (SSSR count). The molecule has 1 aliphatic heterocycles. The fourth-order valence-corrected chi connectivity index (χ4v) is 3.71. The number of rotatable bonds is 3. The summed E-state index contributed by atoms with van der Waals surface area (Å²) in [5, 5.41) is 8.18. The zero-order chi connectivity index (χ0) is 16.5. The van der Waals surface area contributed by atoms with Crippen molar-refractivity contribution >= 4 is 5.91 Å². The van der Waals surface area contributed by atoms with Gasteiger partial charge in [-0.05, 0) is 44.6 Å². The van der Waals surface area contributed by atoms with Crippen molar-refractivity contribution < 1.29 is 9.32 Å². The van der Waals surface area contributed by atoms with Crippen LogP contribution in [0.15, 0.2) is 27.6 Å². The van der Waals surface area contributed by atoms with Gasteiger partial charge in [-0.15, -0.1) is 0 Å². The smallest absolute Gasteiger partial charge is 0.293 e. The first-order chi connectivity index (χ1) is 11.7. The van der Waals surface area contributed by atoms with Crippen molar-refractivity contribution in [2.24, 2.45) is 0 Å². The molecule has 126 valence electrons. The Morgan fingerprint density at radius 1 is 1.29 bits per heavy atom. The van der Waals surface area contributed by atoms with E-state index in [1.54, 1.807) is 12.3 Å². The molecule has 2 aromatic rings. The van der Waals surface area contributed by atoms with Gasteiger partial charge in [-0.25, -0.2) is 4.68 Å². The highest BCUT2D eigenvalue weighted by molar-refractivity contribution is 5.93. The highest BCUT2D eigenvalue weighted by Crippen LogP contribution is 2.27. The van der Waals surface area contributed by atoms with Gasteiger partial charge in [0.2, 0.25) is 5.76 Å². The van der Waals surface area contributed by atoms with E-state index in [0.29, 0.717) is 18.8 Å². The Labute approximate surface area is 139 Å². The predicted molar refractivity (Wildman–Crippen MR) is 85.7 cm³/mol. The van der Waals surface area contributed by atoms with Crippen molar-refractivity contribution in [1.82, 2.24) is 19.8 Å². The average Bonchev–Trinajstić information content (AvgIpc) is 3.23. The molecule has 0 bridgehead atoms. The van der Waals surface area contributed by atoms with Crippen LogP contribution in [-0.2, 0) is 19.4 Å². The lowest BCUT2D eigenvalue weighted by Gasteiger charge is -2.24. The number of hydrogen-bond acceptors (Lipinski definition) is 5. The zero-order valence-electron chi connectivity index (χ0n) is 13.5. The molecule has 2 aliphatic rings. The molecule has 7 heteroatoms. The van der Waals surface area contributed by atoms with Crippen LogP contribution >= 0.6 is 0 Å². The van der Waals surface area contributed by atoms with Gasteiger partial charge in [0.1, 0.15) is 0 Å². The van der Waals surface area contributed by atoms with Crippen molar-refractivity contribution in [3.8, 4) is 0 Å². The second kappa shape index (κ2) is 6.22. The normalized spacial score (nSPS) is 20.2. The van der Waals surface area contributed by atoms with Crippen LogP contribution in [0.1, 0.15) is 47.5 Å². The van der Waals surface area contributed by atoms with Crippen LogP contribution in [-0.4, -0.2) is 38.3 Å². The molecule has 1 aliphatic carbocycles. The van der Waals surface area contributed by atoms with Crippen molar-refractivity contribution in [3.63, 3.8) is 0 Å². The van der Waals surface area contributed by atoms with E-state index in [2.05, 4.69) is 10.3 Å². The van der Waals surface area contributed by atoms with Gasteiger partial charge in [0.25, 0.3) is 11.5 Å². The molecule has 0 saturated carbocycles. The minimum absolute atomic E-state index is 0.0329. The number of carbonyl (C=O) groups excluding carboxylic acids is 1. The summed E-state index contributed by atoms with van der Waals surface area (Å²) in [6.07, 6.45) is 7.30. The number of fused-ring (bicyclic) bond motifs is 1. The van der Waals surface area contributed by atoms with Crippen LogP contribution in [0.2, 0.25) is 0 Å². The number of nitrogens with zero attached hydrogens (tertiary/aromatic N) is 4. The summed E-state index contributed by atoms with van der Waals surface area (Å²) >= 11 is 0. The van der Waals surface area contributed by atoms with E-state index in [1.165, 1.54) is 10.7 Å². The standard InChI is InChI=1S/C17H20N4O3/c22-15-8-3-9-18-21(15)11-12-5-4-10-20(12)17(23)16-13-6-1-2-7-14(13)19-24-16/h3,8-9,12H,1-2,4-7,10-11H2. The molecule has 1 saturated heterocycles. The van der Waals surface area contributed by atoms with Gasteiger partial charge in [0, 0.05) is 24.4 Å². The fourth-order valence-electron chi connectivity index (χ4n) is 3.71. The minimum atomic E-state index is -0.145. The van der Waals surface area contributed by atoms with Crippen molar-refractivity contribution in [2.45, 2.75) is 51.1 Å². The Morgan fingerprint density at radius 3 is 3.04 bits per heavy atom. The molecule has 1 atom stereocenters. The molecule has 24 heavy (non-hydrogen) atoms. The third-order valence-electron chi connectivity index (χ3n) is 4.96. The zero-order valence-corrected chi connectivity index (χ0v) is 13.5. The maximum Gasteiger partial charge on any atom is 0.293 e. The van der Waals surface area contributed by atoms with Gasteiger partial charge in [0.15, 0.2) is 0 Å².